The van der Waals surface area contributed by atoms with Gasteiger partial charge in [0.1, 0.15) is 7.14 Å². The van der Waals surface area contributed by atoms with E-state index in [1.807, 2.05) is 80.1 Å². The molecule has 0 saturated carbocycles. The lowest BCUT2D eigenvalue weighted by atomic mass is 9.83. The van der Waals surface area contributed by atoms with Crippen LogP contribution in [0.4, 0.5) is 0 Å². The molecule has 1 heterocycles. The molecule has 55 heavy (non-hydrogen) atoms. The van der Waals surface area contributed by atoms with Crippen molar-refractivity contribution in [3.63, 3.8) is 0 Å². The van der Waals surface area contributed by atoms with Gasteiger partial charge in [0.2, 0.25) is 0 Å². The van der Waals surface area contributed by atoms with Gasteiger partial charge in [-0.3, -0.25) is 5.41 Å². The van der Waals surface area contributed by atoms with Crippen molar-refractivity contribution in [3.8, 4) is 22.3 Å². The largest absolute Gasteiger partial charge is 0.354 e. The summed E-state index contributed by atoms with van der Waals surface area (Å²) in [5, 5.41) is 19.1. The van der Waals surface area contributed by atoms with Gasteiger partial charge in [-0.2, -0.15) is 0 Å². The molecular formula is C51H39N2OP. The van der Waals surface area contributed by atoms with E-state index in [1.165, 1.54) is 5.56 Å². The van der Waals surface area contributed by atoms with Crippen LogP contribution in [-0.2, 0) is 4.57 Å². The summed E-state index contributed by atoms with van der Waals surface area (Å²) in [4.78, 5) is 0. The Morgan fingerprint density at radius 3 is 1.53 bits per heavy atom. The Balaban J connectivity index is 1.32. The fourth-order valence-corrected chi connectivity index (χ4v) is 8.79. The predicted molar refractivity (Wildman–Crippen MR) is 235 cm³/mol. The Bertz CT molecular complexity index is 2810. The molecular weight excluding hydrogens is 688 g/mol. The minimum absolute atomic E-state index is 0.453. The highest BCUT2D eigenvalue weighted by molar-refractivity contribution is 7.70. The maximum Gasteiger partial charge on any atom is 0.109 e. The van der Waals surface area contributed by atoms with Gasteiger partial charge in [-0.15, -0.1) is 0 Å². The first-order valence-corrected chi connectivity index (χ1v) is 21.2. The maximum atomic E-state index is 12.9. The zero-order valence-electron chi connectivity index (χ0n) is 30.8. The highest BCUT2D eigenvalue weighted by atomic mass is 31.2. The Labute approximate surface area is 322 Å². The molecule has 0 radical (unpaired) electrons. The summed E-state index contributed by atoms with van der Waals surface area (Å²) in [6.45, 7) is 3.64. The molecule has 3 nitrogen and oxygen atoms in total. The Morgan fingerprint density at radius 1 is 0.509 bits per heavy atom. The lowest BCUT2D eigenvalue weighted by molar-refractivity contribution is 0.588. The third-order valence-corrected chi connectivity index (χ3v) is 12.1. The van der Waals surface area contributed by atoms with E-state index in [0.717, 1.165) is 88.3 Å². The Hall–Kier alpha value is -6.54. The third kappa shape index (κ3) is 6.33. The van der Waals surface area contributed by atoms with E-state index in [-0.39, 0.29) is 0 Å². The summed E-state index contributed by atoms with van der Waals surface area (Å²) in [5.74, 6) is 0. The van der Waals surface area contributed by atoms with Crippen LogP contribution in [0.1, 0.15) is 27.8 Å². The quantitative estimate of drug-likeness (QED) is 0.0976. The molecule has 0 unspecified atom stereocenters. The van der Waals surface area contributed by atoms with Crippen LogP contribution in [0.2, 0.25) is 0 Å². The van der Waals surface area contributed by atoms with Crippen molar-refractivity contribution in [2.24, 2.45) is 0 Å². The fourth-order valence-electron chi connectivity index (χ4n) is 7.92. The molecule has 0 aromatic heterocycles. The van der Waals surface area contributed by atoms with E-state index >= 15 is 0 Å². The van der Waals surface area contributed by atoms with Crippen LogP contribution >= 0.6 is 7.14 Å². The van der Waals surface area contributed by atoms with Crippen LogP contribution in [0.5, 0.6) is 0 Å². The standard InChI is InChI=1S/C51H39N2OP/c1-55(2,54)40-30-28-36(29-31-40)47-41-22-12-14-24-43(41)48(44-25-15-13-23-42(44)47)39-27-26-38-33-46(34-16-6-3-7-17-34)53-51(45(38)32-39)49(35-18-8-4-9-19-35)50(52)37-20-10-5-11-21-37/h3-33,52-53H,1-2H3/b51-49-,52-50?. The van der Waals surface area contributed by atoms with Crippen LogP contribution in [0, 0.1) is 5.41 Å². The van der Waals surface area contributed by atoms with Crippen LogP contribution in [0.25, 0.3) is 66.8 Å². The molecule has 9 rings (SSSR count). The monoisotopic (exact) mass is 726 g/mol. The van der Waals surface area contributed by atoms with Crippen molar-refractivity contribution >= 4 is 62.7 Å². The zero-order valence-corrected chi connectivity index (χ0v) is 31.6. The molecule has 0 saturated heterocycles. The van der Waals surface area contributed by atoms with Gasteiger partial charge in [-0.1, -0.05) is 176 Å². The second-order valence-corrected chi connectivity index (χ2v) is 17.7. The molecule has 8 aromatic carbocycles. The summed E-state index contributed by atoms with van der Waals surface area (Å²) in [6.07, 6.45) is 2.22. The maximum absolute atomic E-state index is 12.9. The van der Waals surface area contributed by atoms with Gasteiger partial charge in [0.15, 0.2) is 0 Å². The van der Waals surface area contributed by atoms with Gasteiger partial charge in [0, 0.05) is 27.7 Å². The Morgan fingerprint density at radius 2 is 0.982 bits per heavy atom. The fraction of sp³-hybridized carbons (Fsp3) is 0.0392. The van der Waals surface area contributed by atoms with Crippen molar-refractivity contribution in [2.45, 2.75) is 0 Å². The molecule has 0 bridgehead atoms. The van der Waals surface area contributed by atoms with Gasteiger partial charge in [-0.05, 0) is 86.0 Å². The number of fused-ring (bicyclic) bond motifs is 3. The van der Waals surface area contributed by atoms with Gasteiger partial charge in [0.25, 0.3) is 0 Å². The first-order chi connectivity index (χ1) is 26.8. The van der Waals surface area contributed by atoms with Crippen molar-refractivity contribution < 1.29 is 4.57 Å². The SMILES string of the molecule is CP(C)(=O)c1ccc(-c2c3ccccc3c(-c3ccc4c(c3)/C(=C(/C(=N)c3ccccc3)c3ccccc3)NC(c3ccccc3)=C4)c3ccccc23)cc1. The normalized spacial score (nSPS) is 13.5. The number of rotatable bonds is 7. The average Bonchev–Trinajstić information content (AvgIpc) is 3.23. The van der Waals surface area contributed by atoms with Gasteiger partial charge >= 0.3 is 0 Å². The summed E-state index contributed by atoms with van der Waals surface area (Å²) in [6, 6.07) is 63.1. The van der Waals surface area contributed by atoms with Gasteiger partial charge in [0.05, 0.1) is 11.4 Å². The average molecular weight is 727 g/mol. The Kier molecular flexibility index (Phi) is 8.73. The molecule has 2 N–H and O–H groups in total. The van der Waals surface area contributed by atoms with E-state index in [1.54, 1.807) is 0 Å². The van der Waals surface area contributed by atoms with Crippen LogP contribution in [0.3, 0.4) is 0 Å². The smallest absolute Gasteiger partial charge is 0.109 e. The van der Waals surface area contributed by atoms with E-state index in [0.29, 0.717) is 5.71 Å². The third-order valence-electron chi connectivity index (χ3n) is 10.6. The number of allylic oxidation sites excluding steroid dienone is 1. The van der Waals surface area contributed by atoms with E-state index < -0.39 is 7.14 Å². The van der Waals surface area contributed by atoms with Crippen molar-refractivity contribution in [2.75, 3.05) is 13.3 Å². The minimum atomic E-state index is -2.39. The molecule has 1 aliphatic rings. The lowest BCUT2D eigenvalue weighted by Gasteiger charge is -2.27. The van der Waals surface area contributed by atoms with Crippen molar-refractivity contribution in [3.05, 3.63) is 210 Å². The molecule has 0 atom stereocenters. The minimum Gasteiger partial charge on any atom is -0.354 e. The zero-order chi connectivity index (χ0) is 37.5. The topological polar surface area (TPSA) is 53.0 Å². The summed E-state index contributed by atoms with van der Waals surface area (Å²) < 4.78 is 12.9. The summed E-state index contributed by atoms with van der Waals surface area (Å²) >= 11 is 0. The molecule has 4 heteroatoms. The van der Waals surface area contributed by atoms with Gasteiger partial charge in [-0.25, -0.2) is 0 Å². The van der Waals surface area contributed by atoms with Crippen molar-refractivity contribution in [1.29, 1.82) is 5.41 Å². The first kappa shape index (κ1) is 34.2. The summed E-state index contributed by atoms with van der Waals surface area (Å²) in [7, 11) is -2.39. The van der Waals surface area contributed by atoms with Crippen LogP contribution < -0.4 is 10.6 Å². The van der Waals surface area contributed by atoms with E-state index in [2.05, 4.69) is 127 Å². The number of nitrogens with one attached hydrogen (secondary N) is 2. The van der Waals surface area contributed by atoms with E-state index in [9.17, 15) is 9.97 Å². The molecule has 8 aromatic rings. The number of hydrogen-bond acceptors (Lipinski definition) is 3. The molecule has 0 aliphatic carbocycles. The second-order valence-electron chi connectivity index (χ2n) is 14.4. The first-order valence-electron chi connectivity index (χ1n) is 18.6. The van der Waals surface area contributed by atoms with Gasteiger partial charge < -0.3 is 9.88 Å². The second kappa shape index (κ2) is 14.0. The van der Waals surface area contributed by atoms with Crippen LogP contribution in [0.15, 0.2) is 182 Å². The van der Waals surface area contributed by atoms with Crippen LogP contribution in [-0.4, -0.2) is 19.0 Å². The molecule has 1 aliphatic heterocycles. The highest BCUT2D eigenvalue weighted by Gasteiger charge is 2.25. The van der Waals surface area contributed by atoms with Crippen molar-refractivity contribution in [1.82, 2.24) is 5.32 Å². The molecule has 0 amide bonds. The van der Waals surface area contributed by atoms with E-state index in [4.69, 9.17) is 0 Å². The number of hydrogen-bond donors (Lipinski definition) is 2. The number of benzene rings is 8. The molecule has 0 fully saturated rings. The highest BCUT2D eigenvalue weighted by Crippen LogP contribution is 2.46. The molecule has 0 spiro atoms. The molecule has 264 valence electrons. The summed E-state index contributed by atoms with van der Waals surface area (Å²) in [5.41, 5.74) is 12.7. The lowest BCUT2D eigenvalue weighted by Crippen LogP contribution is -2.20. The predicted octanol–water partition coefficient (Wildman–Crippen LogP) is 12.6.